The summed E-state index contributed by atoms with van der Waals surface area (Å²) < 4.78 is 0. The zero-order valence-electron chi connectivity index (χ0n) is 17.2. The normalized spacial score (nSPS) is 13.2. The van der Waals surface area contributed by atoms with Crippen LogP contribution in [0.5, 0.6) is 0 Å². The van der Waals surface area contributed by atoms with Gasteiger partial charge in [0.05, 0.1) is 0 Å². The molecule has 0 saturated heterocycles. The highest BCUT2D eigenvalue weighted by atomic mass is 16.2. The number of nitrogens with two attached hydrogens (primary N) is 2. The number of carbonyl (C=O) groups is 2. The van der Waals surface area contributed by atoms with Gasteiger partial charge in [0, 0.05) is 22.7 Å². The zero-order chi connectivity index (χ0) is 20.7. The molecule has 2 atom stereocenters. The summed E-state index contributed by atoms with van der Waals surface area (Å²) >= 11 is 0. The van der Waals surface area contributed by atoms with E-state index in [4.69, 9.17) is 5.73 Å². The second-order valence-electron chi connectivity index (χ2n) is 7.68. The number of amides is 2. The molecule has 28 heavy (non-hydrogen) atoms. The van der Waals surface area contributed by atoms with Crippen LogP contribution in [0.25, 0.3) is 0 Å². The summed E-state index contributed by atoms with van der Waals surface area (Å²) in [6.45, 7) is 9.10. The quantitative estimate of drug-likeness (QED) is 0.622. The standard InChI is InChI=1S/C23H31N3O2/c1-5-16(4)17-6-8-18(9-7-17)22(15(2)3)25-14-21(27)26-20-12-10-19(11-13-20)23(24)28/h6-13,15-16,22,25H,5,14H2,1-4H3,(H2,24,28)(H,26,27)/p+1/t16-,22-/m0/s1. The largest absolute Gasteiger partial charge is 0.366 e. The Bertz CT molecular complexity index is 782. The van der Waals surface area contributed by atoms with Crippen LogP contribution in [0.3, 0.4) is 0 Å². The summed E-state index contributed by atoms with van der Waals surface area (Å²) in [5.41, 5.74) is 8.90. The van der Waals surface area contributed by atoms with Crippen LogP contribution in [0.4, 0.5) is 5.69 Å². The number of anilines is 1. The molecule has 5 nitrogen and oxygen atoms in total. The van der Waals surface area contributed by atoms with Crippen LogP contribution in [0.15, 0.2) is 48.5 Å². The Hall–Kier alpha value is -2.66. The summed E-state index contributed by atoms with van der Waals surface area (Å²) in [5.74, 6) is 0.401. The van der Waals surface area contributed by atoms with E-state index >= 15 is 0 Å². The molecule has 0 saturated carbocycles. The minimum Gasteiger partial charge on any atom is -0.366 e. The van der Waals surface area contributed by atoms with Crippen molar-refractivity contribution in [3.05, 3.63) is 65.2 Å². The van der Waals surface area contributed by atoms with Gasteiger partial charge in [-0.05, 0) is 42.2 Å². The lowest BCUT2D eigenvalue weighted by Crippen LogP contribution is -2.88. The molecule has 0 radical (unpaired) electrons. The highest BCUT2D eigenvalue weighted by Gasteiger charge is 2.21. The van der Waals surface area contributed by atoms with Gasteiger partial charge in [0.2, 0.25) is 5.91 Å². The van der Waals surface area contributed by atoms with Crippen molar-refractivity contribution in [3.63, 3.8) is 0 Å². The molecular formula is C23H32N3O2+. The second-order valence-corrected chi connectivity index (χ2v) is 7.68. The van der Waals surface area contributed by atoms with Crippen LogP contribution in [-0.4, -0.2) is 18.4 Å². The Morgan fingerprint density at radius 1 is 0.964 bits per heavy atom. The molecule has 2 aromatic rings. The summed E-state index contributed by atoms with van der Waals surface area (Å²) in [7, 11) is 0. The van der Waals surface area contributed by atoms with Crippen LogP contribution in [0.2, 0.25) is 0 Å². The van der Waals surface area contributed by atoms with Crippen molar-refractivity contribution in [1.82, 2.24) is 0 Å². The molecule has 0 aliphatic rings. The second kappa shape index (κ2) is 10.0. The van der Waals surface area contributed by atoms with E-state index in [-0.39, 0.29) is 11.9 Å². The van der Waals surface area contributed by atoms with Gasteiger partial charge < -0.3 is 16.4 Å². The van der Waals surface area contributed by atoms with E-state index in [0.29, 0.717) is 29.6 Å². The summed E-state index contributed by atoms with van der Waals surface area (Å²) in [6, 6.07) is 15.6. The van der Waals surface area contributed by atoms with Crippen molar-refractivity contribution < 1.29 is 14.9 Å². The third kappa shape index (κ3) is 5.92. The molecule has 150 valence electrons. The fourth-order valence-corrected chi connectivity index (χ4v) is 3.24. The van der Waals surface area contributed by atoms with Crippen LogP contribution in [-0.2, 0) is 4.79 Å². The molecule has 2 amide bonds. The molecule has 0 aliphatic carbocycles. The van der Waals surface area contributed by atoms with Gasteiger partial charge in [0.25, 0.3) is 5.91 Å². The molecule has 0 unspecified atom stereocenters. The van der Waals surface area contributed by atoms with E-state index < -0.39 is 5.91 Å². The number of nitrogens with one attached hydrogen (secondary N) is 1. The predicted octanol–water partition coefficient (Wildman–Crippen LogP) is 3.20. The molecule has 0 heterocycles. The highest BCUT2D eigenvalue weighted by Crippen LogP contribution is 2.23. The number of hydrogen-bond donors (Lipinski definition) is 3. The lowest BCUT2D eigenvalue weighted by Gasteiger charge is -2.20. The molecule has 0 aliphatic heterocycles. The maximum Gasteiger partial charge on any atom is 0.279 e. The molecule has 5 N–H and O–H groups in total. The van der Waals surface area contributed by atoms with Crippen LogP contribution < -0.4 is 16.4 Å². The average molecular weight is 383 g/mol. The van der Waals surface area contributed by atoms with Gasteiger partial charge in [-0.25, -0.2) is 0 Å². The minimum atomic E-state index is -0.481. The molecule has 0 fully saturated rings. The summed E-state index contributed by atoms with van der Waals surface area (Å²) in [5, 5.41) is 4.94. The van der Waals surface area contributed by atoms with Gasteiger partial charge in [-0.2, -0.15) is 0 Å². The lowest BCUT2D eigenvalue weighted by molar-refractivity contribution is -0.692. The lowest BCUT2D eigenvalue weighted by atomic mass is 9.92. The Balaban J connectivity index is 1.96. The Morgan fingerprint density at radius 2 is 1.54 bits per heavy atom. The number of carbonyl (C=O) groups excluding carboxylic acids is 2. The monoisotopic (exact) mass is 382 g/mol. The first-order valence-corrected chi connectivity index (χ1v) is 9.94. The zero-order valence-corrected chi connectivity index (χ0v) is 17.2. The van der Waals surface area contributed by atoms with Gasteiger partial charge >= 0.3 is 0 Å². The molecule has 2 rings (SSSR count). The third-order valence-corrected chi connectivity index (χ3v) is 5.23. The Kier molecular flexibility index (Phi) is 7.76. The fraction of sp³-hybridized carbons (Fsp3) is 0.391. The van der Waals surface area contributed by atoms with E-state index in [1.165, 1.54) is 11.1 Å². The van der Waals surface area contributed by atoms with Crippen LogP contribution >= 0.6 is 0 Å². The molecule has 0 bridgehead atoms. The van der Waals surface area contributed by atoms with E-state index in [1.54, 1.807) is 24.3 Å². The number of primary amides is 1. The summed E-state index contributed by atoms with van der Waals surface area (Å²) in [4.78, 5) is 23.5. The van der Waals surface area contributed by atoms with Crippen LogP contribution in [0.1, 0.15) is 67.6 Å². The first-order chi connectivity index (χ1) is 13.3. The third-order valence-electron chi connectivity index (χ3n) is 5.23. The predicted molar refractivity (Wildman–Crippen MR) is 113 cm³/mol. The number of rotatable bonds is 9. The molecule has 2 aromatic carbocycles. The number of quaternary nitrogens is 1. The van der Waals surface area contributed by atoms with E-state index in [2.05, 4.69) is 62.6 Å². The fourth-order valence-electron chi connectivity index (χ4n) is 3.24. The van der Waals surface area contributed by atoms with Gasteiger partial charge in [0.1, 0.15) is 6.04 Å². The van der Waals surface area contributed by atoms with Gasteiger partial charge in [-0.3, -0.25) is 9.59 Å². The number of benzene rings is 2. The van der Waals surface area contributed by atoms with Gasteiger partial charge in [0.15, 0.2) is 6.54 Å². The van der Waals surface area contributed by atoms with E-state index in [9.17, 15) is 9.59 Å². The molecule has 5 heteroatoms. The van der Waals surface area contributed by atoms with Crippen molar-refractivity contribution in [2.45, 2.75) is 46.1 Å². The number of hydrogen-bond acceptors (Lipinski definition) is 2. The van der Waals surface area contributed by atoms with Crippen molar-refractivity contribution in [2.24, 2.45) is 11.7 Å². The smallest absolute Gasteiger partial charge is 0.279 e. The first kappa shape index (κ1) is 21.6. The maximum atomic E-state index is 12.3. The van der Waals surface area contributed by atoms with Crippen molar-refractivity contribution in [3.8, 4) is 0 Å². The Labute approximate surface area is 167 Å². The Morgan fingerprint density at radius 3 is 2.04 bits per heavy atom. The summed E-state index contributed by atoms with van der Waals surface area (Å²) in [6.07, 6.45) is 1.12. The maximum absolute atomic E-state index is 12.3. The average Bonchev–Trinajstić information content (AvgIpc) is 2.68. The van der Waals surface area contributed by atoms with Crippen molar-refractivity contribution in [2.75, 3.05) is 11.9 Å². The van der Waals surface area contributed by atoms with Crippen molar-refractivity contribution >= 4 is 17.5 Å². The van der Waals surface area contributed by atoms with E-state index in [0.717, 1.165) is 6.42 Å². The minimum absolute atomic E-state index is 0.0753. The first-order valence-electron chi connectivity index (χ1n) is 9.94. The molecule has 0 spiro atoms. The molecule has 0 aromatic heterocycles. The van der Waals surface area contributed by atoms with Crippen LogP contribution in [0, 0.1) is 5.92 Å². The molecular weight excluding hydrogens is 350 g/mol. The highest BCUT2D eigenvalue weighted by molar-refractivity contribution is 5.95. The van der Waals surface area contributed by atoms with Gasteiger partial charge in [-0.1, -0.05) is 52.0 Å². The SMILES string of the molecule is CC[C@H](C)c1ccc([C@@H]([NH2+]CC(=O)Nc2ccc(C(N)=O)cc2)C(C)C)cc1. The van der Waals surface area contributed by atoms with Crippen molar-refractivity contribution in [1.29, 1.82) is 0 Å². The topological polar surface area (TPSA) is 88.8 Å². The van der Waals surface area contributed by atoms with E-state index in [1.807, 2.05) is 0 Å². The van der Waals surface area contributed by atoms with Gasteiger partial charge in [-0.15, -0.1) is 0 Å².